The Morgan fingerprint density at radius 3 is 2.49 bits per heavy atom. The number of primary amides is 1. The predicted molar refractivity (Wildman–Crippen MR) is 129 cm³/mol. The number of para-hydroxylation sites is 1. The van der Waals surface area contributed by atoms with E-state index in [1.165, 1.54) is 11.8 Å². The van der Waals surface area contributed by atoms with E-state index in [0.717, 1.165) is 4.90 Å². The standard InChI is InChI=1S/C22H25N5O9S/c23-21(34)36-9-11-10-37-18-15(17(29)27(18)16(11)20(32)33)26-14(28)8-4-7-13(19(30)31)25-22(35)24-12-5-2-1-3-6-12/h1-3,5-6,13,15,18H,4,7-10H2,(H2,23,34)(H,26,28)(H,30,31)(H,32,33)(H2,24,25,35). The van der Waals surface area contributed by atoms with Gasteiger partial charge in [-0.05, 0) is 25.0 Å². The van der Waals surface area contributed by atoms with Gasteiger partial charge >= 0.3 is 24.1 Å². The molecule has 0 saturated carbocycles. The summed E-state index contributed by atoms with van der Waals surface area (Å²) in [6, 6.07) is 5.53. The summed E-state index contributed by atoms with van der Waals surface area (Å²) in [7, 11) is 0. The smallest absolute Gasteiger partial charge is 0.404 e. The van der Waals surface area contributed by atoms with Crippen molar-refractivity contribution < 1.29 is 43.7 Å². The first-order chi connectivity index (χ1) is 17.6. The fraction of sp³-hybridized carbons (Fsp3) is 0.364. The summed E-state index contributed by atoms with van der Waals surface area (Å²) in [6.07, 6.45) is -1.14. The number of hydrogen-bond donors (Lipinski definition) is 6. The van der Waals surface area contributed by atoms with E-state index in [-0.39, 0.29) is 42.9 Å². The summed E-state index contributed by atoms with van der Waals surface area (Å²) in [5.41, 5.74) is 5.29. The van der Waals surface area contributed by atoms with Crippen LogP contribution in [0.25, 0.3) is 0 Å². The van der Waals surface area contributed by atoms with Crippen LogP contribution in [0.1, 0.15) is 19.3 Å². The summed E-state index contributed by atoms with van der Waals surface area (Å²) in [6.45, 7) is -0.375. The lowest BCUT2D eigenvalue weighted by atomic mass is 10.0. The number of ether oxygens (including phenoxy) is 1. The van der Waals surface area contributed by atoms with E-state index in [1.54, 1.807) is 30.3 Å². The Hall–Kier alpha value is -4.27. The highest BCUT2D eigenvalue weighted by molar-refractivity contribution is 8.00. The van der Waals surface area contributed by atoms with Crippen LogP contribution in [0, 0.1) is 0 Å². The number of rotatable bonds is 11. The van der Waals surface area contributed by atoms with E-state index in [0.29, 0.717) is 5.69 Å². The lowest BCUT2D eigenvalue weighted by Gasteiger charge is -2.49. The lowest BCUT2D eigenvalue weighted by molar-refractivity contribution is -0.150. The predicted octanol–water partition coefficient (Wildman–Crippen LogP) is 0.266. The molecule has 15 heteroatoms. The minimum Gasteiger partial charge on any atom is -0.480 e. The Balaban J connectivity index is 1.49. The van der Waals surface area contributed by atoms with Crippen LogP contribution in [0.5, 0.6) is 0 Å². The van der Waals surface area contributed by atoms with Crippen molar-refractivity contribution in [1.82, 2.24) is 15.5 Å². The Labute approximate surface area is 214 Å². The van der Waals surface area contributed by atoms with E-state index in [1.807, 2.05) is 0 Å². The molecule has 0 spiro atoms. The molecule has 2 heterocycles. The van der Waals surface area contributed by atoms with Crippen molar-refractivity contribution in [2.45, 2.75) is 36.7 Å². The van der Waals surface area contributed by atoms with Gasteiger partial charge in [0.15, 0.2) is 0 Å². The van der Waals surface area contributed by atoms with E-state index >= 15 is 0 Å². The number of nitrogens with one attached hydrogen (secondary N) is 3. The average molecular weight is 536 g/mol. The van der Waals surface area contributed by atoms with Crippen LogP contribution < -0.4 is 21.7 Å². The van der Waals surface area contributed by atoms with Crippen LogP contribution in [0.15, 0.2) is 41.6 Å². The number of amides is 5. The van der Waals surface area contributed by atoms with Crippen molar-refractivity contribution >= 4 is 53.3 Å². The molecule has 7 N–H and O–H groups in total. The van der Waals surface area contributed by atoms with Gasteiger partial charge < -0.3 is 36.6 Å². The number of aliphatic carboxylic acids is 2. The third-order valence-corrected chi connectivity index (χ3v) is 6.83. The van der Waals surface area contributed by atoms with Crippen molar-refractivity contribution in [2.75, 3.05) is 17.7 Å². The first kappa shape index (κ1) is 27.3. The molecule has 3 rings (SSSR count). The molecule has 37 heavy (non-hydrogen) atoms. The second-order valence-electron chi connectivity index (χ2n) is 8.07. The SMILES string of the molecule is NC(=O)OCC1=C(C(=O)O)N2C(=O)C(NC(=O)CCCC(NC(=O)Nc3ccccc3)C(=O)O)C2SC1. The van der Waals surface area contributed by atoms with Crippen LogP contribution in [0.3, 0.4) is 0 Å². The number of urea groups is 1. The van der Waals surface area contributed by atoms with Crippen molar-refractivity contribution in [3.8, 4) is 0 Å². The van der Waals surface area contributed by atoms with Crippen LogP contribution in [0.4, 0.5) is 15.3 Å². The maximum Gasteiger partial charge on any atom is 0.404 e. The number of benzene rings is 1. The lowest BCUT2D eigenvalue weighted by Crippen LogP contribution is -2.70. The summed E-state index contributed by atoms with van der Waals surface area (Å²) in [5, 5.41) is 25.7. The van der Waals surface area contributed by atoms with Crippen LogP contribution in [0.2, 0.25) is 0 Å². The van der Waals surface area contributed by atoms with Crippen molar-refractivity contribution in [3.63, 3.8) is 0 Å². The molecule has 2 aliphatic heterocycles. The van der Waals surface area contributed by atoms with E-state index in [9.17, 15) is 39.0 Å². The molecule has 0 aromatic heterocycles. The number of carbonyl (C=O) groups excluding carboxylic acids is 4. The number of thioether (sulfide) groups is 1. The van der Waals surface area contributed by atoms with Gasteiger partial charge in [0.05, 0.1) is 0 Å². The van der Waals surface area contributed by atoms with E-state index in [4.69, 9.17) is 5.73 Å². The number of nitrogens with two attached hydrogens (primary N) is 1. The summed E-state index contributed by atoms with van der Waals surface area (Å²) >= 11 is 1.19. The van der Waals surface area contributed by atoms with Crippen LogP contribution in [-0.2, 0) is 23.9 Å². The fourth-order valence-corrected chi connectivity index (χ4v) is 5.10. The van der Waals surface area contributed by atoms with Gasteiger partial charge in [-0.3, -0.25) is 14.5 Å². The van der Waals surface area contributed by atoms with Crippen molar-refractivity contribution in [1.29, 1.82) is 0 Å². The van der Waals surface area contributed by atoms with Gasteiger partial charge in [-0.25, -0.2) is 19.2 Å². The van der Waals surface area contributed by atoms with Gasteiger partial charge in [0.2, 0.25) is 5.91 Å². The number of carbonyl (C=O) groups is 6. The Morgan fingerprint density at radius 1 is 1.16 bits per heavy atom. The number of nitrogens with zero attached hydrogens (tertiary/aromatic N) is 1. The summed E-state index contributed by atoms with van der Waals surface area (Å²) in [4.78, 5) is 72.2. The maximum atomic E-state index is 12.6. The molecule has 198 valence electrons. The Bertz CT molecular complexity index is 1130. The molecule has 2 aliphatic rings. The van der Waals surface area contributed by atoms with Gasteiger partial charge in [0, 0.05) is 23.4 Å². The average Bonchev–Trinajstić information content (AvgIpc) is 2.85. The van der Waals surface area contributed by atoms with E-state index < -0.39 is 53.3 Å². The highest BCUT2D eigenvalue weighted by Crippen LogP contribution is 2.40. The quantitative estimate of drug-likeness (QED) is 0.212. The number of carboxylic acid groups (broad SMARTS) is 2. The first-order valence-electron chi connectivity index (χ1n) is 11.1. The van der Waals surface area contributed by atoms with Gasteiger partial charge in [0.25, 0.3) is 5.91 Å². The zero-order chi connectivity index (χ0) is 27.1. The van der Waals surface area contributed by atoms with E-state index in [2.05, 4.69) is 20.7 Å². The second kappa shape index (κ2) is 12.1. The molecule has 0 radical (unpaired) electrons. The fourth-order valence-electron chi connectivity index (χ4n) is 3.77. The van der Waals surface area contributed by atoms with Crippen LogP contribution >= 0.6 is 11.8 Å². The molecular weight excluding hydrogens is 510 g/mol. The molecule has 1 aromatic rings. The molecule has 0 bridgehead atoms. The number of anilines is 1. The highest BCUT2D eigenvalue weighted by atomic mass is 32.2. The number of β-lactam (4-membered cyclic amide) rings is 1. The van der Waals surface area contributed by atoms with Gasteiger partial charge in [-0.1, -0.05) is 18.2 Å². The molecule has 3 unspecified atom stereocenters. The Kier molecular flexibility index (Phi) is 8.95. The zero-order valence-corrected chi connectivity index (χ0v) is 20.2. The highest BCUT2D eigenvalue weighted by Gasteiger charge is 2.54. The minimum atomic E-state index is -1.38. The van der Waals surface area contributed by atoms with Crippen molar-refractivity contribution in [3.05, 3.63) is 41.6 Å². The topological polar surface area (TPSA) is 217 Å². The van der Waals surface area contributed by atoms with Gasteiger partial charge in [-0.2, -0.15) is 0 Å². The summed E-state index contributed by atoms with van der Waals surface area (Å²) in [5.74, 6) is -3.67. The van der Waals surface area contributed by atoms with Gasteiger partial charge in [0.1, 0.15) is 29.8 Å². The van der Waals surface area contributed by atoms with Crippen LogP contribution in [-0.4, -0.2) is 80.8 Å². The zero-order valence-electron chi connectivity index (χ0n) is 19.3. The minimum absolute atomic E-state index is 0.0387. The number of carboxylic acids is 2. The van der Waals surface area contributed by atoms with Crippen molar-refractivity contribution in [2.24, 2.45) is 5.73 Å². The number of fused-ring (bicyclic) bond motifs is 1. The Morgan fingerprint density at radius 2 is 1.86 bits per heavy atom. The normalized spacial score (nSPS) is 19.1. The monoisotopic (exact) mass is 535 g/mol. The first-order valence-corrected chi connectivity index (χ1v) is 12.1. The molecule has 1 saturated heterocycles. The third kappa shape index (κ3) is 6.91. The molecule has 0 aliphatic carbocycles. The van der Waals surface area contributed by atoms with Gasteiger partial charge in [-0.15, -0.1) is 11.8 Å². The number of hydrogen-bond acceptors (Lipinski definition) is 8. The molecular formula is C22H25N5O9S. The maximum absolute atomic E-state index is 12.6. The second-order valence-corrected chi connectivity index (χ2v) is 9.17. The largest absolute Gasteiger partial charge is 0.480 e. The molecule has 1 fully saturated rings. The summed E-state index contributed by atoms with van der Waals surface area (Å²) < 4.78 is 4.65. The molecule has 5 amide bonds. The molecule has 1 aromatic carbocycles. The third-order valence-electron chi connectivity index (χ3n) is 5.49. The molecule has 14 nitrogen and oxygen atoms in total. The molecule has 3 atom stereocenters.